The molecule has 4 rings (SSSR count). The lowest BCUT2D eigenvalue weighted by Crippen LogP contribution is -2.35. The van der Waals surface area contributed by atoms with Crippen LogP contribution in [0.1, 0.15) is 30.4 Å². The van der Waals surface area contributed by atoms with E-state index < -0.39 is 0 Å². The Balaban J connectivity index is 1.44. The summed E-state index contributed by atoms with van der Waals surface area (Å²) in [6.07, 6.45) is 4.39. The Hall–Kier alpha value is -2.08. The van der Waals surface area contributed by atoms with Crippen LogP contribution < -0.4 is 15.5 Å². The zero-order valence-electron chi connectivity index (χ0n) is 13.1. The van der Waals surface area contributed by atoms with Gasteiger partial charge in [-0.1, -0.05) is 0 Å². The maximum atomic E-state index is 12.1. The zero-order chi connectivity index (χ0) is 15.8. The number of anilines is 2. The lowest BCUT2D eigenvalue weighted by Gasteiger charge is -2.25. The fraction of sp³-hybridized carbons (Fsp3) is 0.529. The molecule has 3 aliphatic heterocycles. The average Bonchev–Trinajstić information content (AvgIpc) is 3.19. The smallest absolute Gasteiger partial charge is 0.319 e. The summed E-state index contributed by atoms with van der Waals surface area (Å²) < 4.78 is 5.50. The third-order valence-electron chi connectivity index (χ3n) is 4.82. The van der Waals surface area contributed by atoms with Crippen molar-refractivity contribution in [1.29, 1.82) is 0 Å². The largest absolute Gasteiger partial charge is 0.376 e. The van der Waals surface area contributed by atoms with Gasteiger partial charge in [0.15, 0.2) is 0 Å². The second-order valence-electron chi connectivity index (χ2n) is 6.41. The maximum absolute atomic E-state index is 12.1. The van der Waals surface area contributed by atoms with Gasteiger partial charge in [-0.05, 0) is 48.9 Å². The molecule has 6 heteroatoms. The Bertz CT molecular complexity index is 653. The Kier molecular flexibility index (Phi) is 3.69. The number of ether oxygens (including phenoxy) is 1. The van der Waals surface area contributed by atoms with Crippen molar-refractivity contribution >= 4 is 23.3 Å². The molecule has 3 aliphatic rings. The predicted octanol–water partition coefficient (Wildman–Crippen LogP) is 1.82. The van der Waals surface area contributed by atoms with Gasteiger partial charge in [0.25, 0.3) is 0 Å². The lowest BCUT2D eigenvalue weighted by molar-refractivity contribution is -0.118. The van der Waals surface area contributed by atoms with Crippen molar-refractivity contribution in [2.24, 2.45) is 0 Å². The highest BCUT2D eigenvalue weighted by atomic mass is 16.5. The highest BCUT2D eigenvalue weighted by Crippen LogP contribution is 2.38. The molecule has 0 radical (unpaired) electrons. The number of rotatable bonds is 3. The average molecular weight is 315 g/mol. The predicted molar refractivity (Wildman–Crippen MR) is 86.8 cm³/mol. The molecule has 1 fully saturated rings. The number of urea groups is 1. The molecule has 3 heterocycles. The van der Waals surface area contributed by atoms with Crippen LogP contribution in [-0.2, 0) is 22.4 Å². The number of amides is 3. The first-order valence-corrected chi connectivity index (χ1v) is 8.33. The molecule has 2 N–H and O–H groups in total. The number of nitrogens with one attached hydrogen (secondary N) is 2. The van der Waals surface area contributed by atoms with Crippen molar-refractivity contribution in [2.75, 3.05) is 29.9 Å². The lowest BCUT2D eigenvalue weighted by atomic mass is 9.98. The van der Waals surface area contributed by atoms with E-state index in [-0.39, 0.29) is 18.0 Å². The van der Waals surface area contributed by atoms with E-state index in [2.05, 4.69) is 10.6 Å². The van der Waals surface area contributed by atoms with Crippen LogP contribution in [0.25, 0.3) is 0 Å². The van der Waals surface area contributed by atoms with Gasteiger partial charge in [-0.15, -0.1) is 0 Å². The highest BCUT2D eigenvalue weighted by Gasteiger charge is 2.31. The normalized spacial score (nSPS) is 22.2. The number of benzene rings is 1. The zero-order valence-corrected chi connectivity index (χ0v) is 13.1. The summed E-state index contributed by atoms with van der Waals surface area (Å²) in [5, 5.41) is 5.78. The summed E-state index contributed by atoms with van der Waals surface area (Å²) in [7, 11) is 0. The standard InChI is InChI=1S/C17H21N3O3/c21-15-4-3-11-8-13(9-12-5-6-20(15)16(11)12)19-17(22)18-10-14-2-1-7-23-14/h8-9,14H,1-7,10H2,(H2,18,19,22). The van der Waals surface area contributed by atoms with Crippen LogP contribution in [0.4, 0.5) is 16.2 Å². The summed E-state index contributed by atoms with van der Waals surface area (Å²) in [4.78, 5) is 25.9. The highest BCUT2D eigenvalue weighted by molar-refractivity contribution is 6.00. The summed E-state index contributed by atoms with van der Waals surface area (Å²) in [5.74, 6) is 0.214. The van der Waals surface area contributed by atoms with Gasteiger partial charge in [0.05, 0.1) is 11.8 Å². The molecule has 6 nitrogen and oxygen atoms in total. The van der Waals surface area contributed by atoms with E-state index >= 15 is 0 Å². The molecule has 23 heavy (non-hydrogen) atoms. The van der Waals surface area contributed by atoms with E-state index in [4.69, 9.17) is 4.74 Å². The summed E-state index contributed by atoms with van der Waals surface area (Å²) >= 11 is 0. The van der Waals surface area contributed by atoms with Crippen LogP contribution in [0.15, 0.2) is 12.1 Å². The van der Waals surface area contributed by atoms with Gasteiger partial charge in [-0.3, -0.25) is 4.79 Å². The van der Waals surface area contributed by atoms with Gasteiger partial charge < -0.3 is 20.3 Å². The molecule has 1 aromatic rings. The molecule has 1 saturated heterocycles. The second kappa shape index (κ2) is 5.85. The van der Waals surface area contributed by atoms with Crippen LogP contribution in [0.3, 0.4) is 0 Å². The van der Waals surface area contributed by atoms with Gasteiger partial charge in [0.2, 0.25) is 5.91 Å². The summed E-state index contributed by atoms with van der Waals surface area (Å²) in [5.41, 5.74) is 4.20. The minimum absolute atomic E-state index is 0.140. The van der Waals surface area contributed by atoms with Crippen molar-refractivity contribution in [3.05, 3.63) is 23.3 Å². The molecular formula is C17H21N3O3. The molecule has 0 saturated carbocycles. The van der Waals surface area contributed by atoms with E-state index in [1.807, 2.05) is 17.0 Å². The first kappa shape index (κ1) is 14.5. The Labute approximate surface area is 135 Å². The second-order valence-corrected chi connectivity index (χ2v) is 6.41. The van der Waals surface area contributed by atoms with E-state index in [9.17, 15) is 9.59 Å². The third-order valence-corrected chi connectivity index (χ3v) is 4.82. The molecule has 0 aromatic heterocycles. The van der Waals surface area contributed by atoms with Crippen molar-refractivity contribution in [3.8, 4) is 0 Å². The van der Waals surface area contributed by atoms with Gasteiger partial charge in [0.1, 0.15) is 0 Å². The van der Waals surface area contributed by atoms with Gasteiger partial charge >= 0.3 is 6.03 Å². The Morgan fingerprint density at radius 3 is 2.87 bits per heavy atom. The topological polar surface area (TPSA) is 70.7 Å². The quantitative estimate of drug-likeness (QED) is 0.894. The van der Waals surface area contributed by atoms with E-state index in [1.54, 1.807) is 0 Å². The van der Waals surface area contributed by atoms with E-state index in [0.717, 1.165) is 61.3 Å². The number of carbonyl (C=O) groups excluding carboxylic acids is 2. The Morgan fingerprint density at radius 1 is 1.26 bits per heavy atom. The first-order valence-electron chi connectivity index (χ1n) is 8.33. The molecule has 122 valence electrons. The van der Waals surface area contributed by atoms with Crippen LogP contribution in [0.2, 0.25) is 0 Å². The molecule has 1 atom stereocenters. The number of nitrogens with zero attached hydrogens (tertiary/aromatic N) is 1. The van der Waals surface area contributed by atoms with Crippen molar-refractivity contribution in [1.82, 2.24) is 5.32 Å². The van der Waals surface area contributed by atoms with E-state index in [1.165, 1.54) is 0 Å². The molecule has 0 bridgehead atoms. The monoisotopic (exact) mass is 315 g/mol. The van der Waals surface area contributed by atoms with Crippen LogP contribution >= 0.6 is 0 Å². The maximum Gasteiger partial charge on any atom is 0.319 e. The van der Waals surface area contributed by atoms with Crippen LogP contribution in [-0.4, -0.2) is 37.7 Å². The third kappa shape index (κ3) is 2.79. The van der Waals surface area contributed by atoms with Crippen molar-refractivity contribution in [2.45, 2.75) is 38.2 Å². The first-order chi connectivity index (χ1) is 11.2. The van der Waals surface area contributed by atoms with Gasteiger partial charge in [0, 0.05) is 31.8 Å². The minimum atomic E-state index is -0.200. The fourth-order valence-corrected chi connectivity index (χ4v) is 3.72. The molecule has 1 unspecified atom stereocenters. The SMILES string of the molecule is O=C(NCC1CCCO1)Nc1cc2c3c(c1)CCN3C(=O)CC2. The minimum Gasteiger partial charge on any atom is -0.376 e. The molecule has 1 aromatic carbocycles. The summed E-state index contributed by atoms with van der Waals surface area (Å²) in [6, 6.07) is 3.78. The van der Waals surface area contributed by atoms with Gasteiger partial charge in [-0.2, -0.15) is 0 Å². The summed E-state index contributed by atoms with van der Waals surface area (Å²) in [6.45, 7) is 2.10. The molecule has 3 amide bonds. The van der Waals surface area contributed by atoms with Crippen LogP contribution in [0.5, 0.6) is 0 Å². The number of aryl methyl sites for hydroxylation is 1. The Morgan fingerprint density at radius 2 is 2.09 bits per heavy atom. The van der Waals surface area contributed by atoms with Crippen molar-refractivity contribution < 1.29 is 14.3 Å². The van der Waals surface area contributed by atoms with Gasteiger partial charge in [-0.25, -0.2) is 4.79 Å². The molecular weight excluding hydrogens is 294 g/mol. The van der Waals surface area contributed by atoms with E-state index in [0.29, 0.717) is 13.0 Å². The molecule has 0 spiro atoms. The number of carbonyl (C=O) groups is 2. The fourth-order valence-electron chi connectivity index (χ4n) is 3.72. The van der Waals surface area contributed by atoms with Crippen LogP contribution in [0, 0.1) is 0 Å². The number of hydrogen-bond acceptors (Lipinski definition) is 3. The van der Waals surface area contributed by atoms with Crippen molar-refractivity contribution in [3.63, 3.8) is 0 Å². The molecule has 0 aliphatic carbocycles. The number of hydrogen-bond donors (Lipinski definition) is 2.